The average Bonchev–Trinajstić information content (AvgIpc) is 2.71. The molecule has 0 bridgehead atoms. The molecule has 4 nitrogen and oxygen atoms in total. The van der Waals surface area contributed by atoms with E-state index in [2.05, 4.69) is 41.5 Å². The summed E-state index contributed by atoms with van der Waals surface area (Å²) in [6.45, 7) is 12.6. The van der Waals surface area contributed by atoms with Gasteiger partial charge in [0.1, 0.15) is 22.1 Å². The molecule has 0 amide bonds. The van der Waals surface area contributed by atoms with E-state index < -0.39 is 0 Å². The lowest BCUT2D eigenvalue weighted by Gasteiger charge is -2.19. The van der Waals surface area contributed by atoms with Crippen LogP contribution in [0.15, 0.2) is 67.0 Å². The highest BCUT2D eigenvalue weighted by Crippen LogP contribution is 2.31. The van der Waals surface area contributed by atoms with E-state index in [0.29, 0.717) is 38.3 Å². The Kier molecular flexibility index (Phi) is 4.20. The van der Waals surface area contributed by atoms with Gasteiger partial charge in [0.2, 0.25) is 10.9 Å². The lowest BCUT2D eigenvalue weighted by molar-refractivity contribution is 0.587. The van der Waals surface area contributed by atoms with Crippen molar-refractivity contribution >= 4 is 43.9 Å². The maximum absolute atomic E-state index is 13.6. The van der Waals surface area contributed by atoms with Crippen molar-refractivity contribution in [3.8, 4) is 0 Å². The number of hydrogen-bond acceptors (Lipinski definition) is 4. The van der Waals surface area contributed by atoms with Crippen LogP contribution >= 0.6 is 0 Å². The van der Waals surface area contributed by atoms with E-state index in [-0.39, 0.29) is 27.3 Å². The Bertz CT molecular complexity index is 1670. The van der Waals surface area contributed by atoms with Gasteiger partial charge in [-0.15, -0.1) is 0 Å². The van der Waals surface area contributed by atoms with Crippen LogP contribution in [0.4, 0.5) is 0 Å². The van der Waals surface area contributed by atoms with Crippen LogP contribution in [0.2, 0.25) is 0 Å². The summed E-state index contributed by atoms with van der Waals surface area (Å²) in [5, 5.41) is 1.68. The Morgan fingerprint density at radius 1 is 0.562 bits per heavy atom. The van der Waals surface area contributed by atoms with Crippen molar-refractivity contribution in [2.24, 2.45) is 0 Å². The van der Waals surface area contributed by atoms with Crippen LogP contribution < -0.4 is 10.9 Å². The fourth-order valence-corrected chi connectivity index (χ4v) is 4.18. The molecule has 0 saturated carbocycles. The summed E-state index contributed by atoms with van der Waals surface area (Å²) in [7, 11) is 0. The third-order valence-corrected chi connectivity index (χ3v) is 6.21. The normalized spacial score (nSPS) is 12.9. The van der Waals surface area contributed by atoms with Gasteiger partial charge in [-0.3, -0.25) is 9.59 Å². The smallest absolute Gasteiger partial charge is 0.204 e. The predicted molar refractivity (Wildman–Crippen MR) is 131 cm³/mol. The minimum atomic E-state index is -0.188. The van der Waals surface area contributed by atoms with Crippen molar-refractivity contribution in [1.82, 2.24) is 0 Å². The number of fused-ring (bicyclic) bond motifs is 5. The van der Waals surface area contributed by atoms with Gasteiger partial charge in [0.25, 0.3) is 0 Å². The summed E-state index contributed by atoms with van der Waals surface area (Å²) >= 11 is 0. The van der Waals surface area contributed by atoms with Crippen molar-refractivity contribution in [2.75, 3.05) is 0 Å². The number of hydrogen-bond donors (Lipinski definition) is 0. The van der Waals surface area contributed by atoms with Crippen molar-refractivity contribution in [3.05, 3.63) is 80.1 Å². The molecule has 162 valence electrons. The zero-order valence-electron chi connectivity index (χ0n) is 19.3. The monoisotopic (exact) mass is 426 g/mol. The summed E-state index contributed by atoms with van der Waals surface area (Å²) in [6, 6.07) is 14.7. The van der Waals surface area contributed by atoms with E-state index in [1.807, 2.05) is 36.4 Å². The van der Waals surface area contributed by atoms with Crippen LogP contribution in [0.25, 0.3) is 43.9 Å². The minimum absolute atomic E-state index is 0.0982. The molecular formula is C28H26O4. The lowest BCUT2D eigenvalue weighted by Crippen LogP contribution is -2.13. The molecule has 0 aliphatic carbocycles. The van der Waals surface area contributed by atoms with Crippen LogP contribution in [-0.4, -0.2) is 0 Å². The Balaban J connectivity index is 1.94. The highest BCUT2D eigenvalue weighted by atomic mass is 16.3. The van der Waals surface area contributed by atoms with Gasteiger partial charge in [-0.2, -0.15) is 0 Å². The first-order valence-electron chi connectivity index (χ1n) is 10.9. The van der Waals surface area contributed by atoms with Gasteiger partial charge < -0.3 is 8.83 Å². The average molecular weight is 427 g/mol. The minimum Gasteiger partial charge on any atom is -0.456 e. The Labute approximate surface area is 185 Å². The molecule has 0 N–H and O–H groups in total. The molecule has 5 aromatic rings. The molecule has 0 spiro atoms. The second-order valence-electron chi connectivity index (χ2n) is 10.6. The SMILES string of the molecule is CC(C)(C)c1ccc2c(=O)c3ccc4oc5ccc(C(C)(C)C)cc5c(=O)c4c3oc2c1. The van der Waals surface area contributed by atoms with Crippen molar-refractivity contribution in [3.63, 3.8) is 0 Å². The van der Waals surface area contributed by atoms with E-state index in [1.54, 1.807) is 12.1 Å². The second-order valence-corrected chi connectivity index (χ2v) is 10.6. The highest BCUT2D eigenvalue weighted by molar-refractivity contribution is 6.07. The second kappa shape index (κ2) is 6.55. The summed E-state index contributed by atoms with van der Waals surface area (Å²) in [4.78, 5) is 26.9. The van der Waals surface area contributed by atoms with Gasteiger partial charge in [0, 0.05) is 0 Å². The van der Waals surface area contributed by atoms with E-state index in [0.717, 1.165) is 11.1 Å². The zero-order valence-corrected chi connectivity index (χ0v) is 19.3. The molecule has 0 radical (unpaired) electrons. The molecule has 0 unspecified atom stereocenters. The van der Waals surface area contributed by atoms with Crippen LogP contribution in [-0.2, 0) is 10.8 Å². The first kappa shape index (κ1) is 20.5. The molecule has 2 heterocycles. The molecule has 0 aliphatic rings. The molecular weight excluding hydrogens is 400 g/mol. The summed E-state index contributed by atoms with van der Waals surface area (Å²) in [6.07, 6.45) is 0. The lowest BCUT2D eigenvalue weighted by atomic mass is 9.86. The molecule has 2 aromatic heterocycles. The molecule has 0 fully saturated rings. The molecule has 0 saturated heterocycles. The molecule has 32 heavy (non-hydrogen) atoms. The van der Waals surface area contributed by atoms with E-state index in [1.165, 1.54) is 0 Å². The van der Waals surface area contributed by atoms with Crippen LogP contribution in [0.1, 0.15) is 52.7 Å². The van der Waals surface area contributed by atoms with E-state index >= 15 is 0 Å². The number of rotatable bonds is 0. The molecule has 5 rings (SSSR count). The van der Waals surface area contributed by atoms with Gasteiger partial charge in [-0.05, 0) is 58.4 Å². The molecule has 0 atom stereocenters. The van der Waals surface area contributed by atoms with Crippen LogP contribution in [0.5, 0.6) is 0 Å². The fourth-order valence-electron chi connectivity index (χ4n) is 4.18. The number of benzene rings is 3. The van der Waals surface area contributed by atoms with Crippen LogP contribution in [0, 0.1) is 0 Å². The topological polar surface area (TPSA) is 60.4 Å². The maximum Gasteiger partial charge on any atom is 0.204 e. The van der Waals surface area contributed by atoms with Gasteiger partial charge >= 0.3 is 0 Å². The fraction of sp³-hybridized carbons (Fsp3) is 0.286. The first-order chi connectivity index (χ1) is 14.9. The van der Waals surface area contributed by atoms with E-state index in [4.69, 9.17) is 8.83 Å². The third kappa shape index (κ3) is 3.05. The van der Waals surface area contributed by atoms with Gasteiger partial charge in [0.05, 0.1) is 16.2 Å². The summed E-state index contributed by atoms with van der Waals surface area (Å²) < 4.78 is 12.3. The first-order valence-corrected chi connectivity index (χ1v) is 10.9. The van der Waals surface area contributed by atoms with Crippen molar-refractivity contribution < 1.29 is 8.83 Å². The Morgan fingerprint density at radius 3 is 1.84 bits per heavy atom. The van der Waals surface area contributed by atoms with Gasteiger partial charge in [-0.25, -0.2) is 0 Å². The van der Waals surface area contributed by atoms with Gasteiger partial charge in [-0.1, -0.05) is 53.7 Å². The van der Waals surface area contributed by atoms with Crippen LogP contribution in [0.3, 0.4) is 0 Å². The Morgan fingerprint density at radius 2 is 1.16 bits per heavy atom. The molecule has 4 heteroatoms. The summed E-state index contributed by atoms with van der Waals surface area (Å²) in [5.41, 5.74) is 3.24. The van der Waals surface area contributed by atoms with Crippen molar-refractivity contribution in [1.29, 1.82) is 0 Å². The largest absolute Gasteiger partial charge is 0.456 e. The molecule has 0 aliphatic heterocycles. The summed E-state index contributed by atoms with van der Waals surface area (Å²) in [5.74, 6) is 0. The van der Waals surface area contributed by atoms with Gasteiger partial charge in [0.15, 0.2) is 5.58 Å². The van der Waals surface area contributed by atoms with Crippen molar-refractivity contribution in [2.45, 2.75) is 52.4 Å². The third-order valence-electron chi connectivity index (χ3n) is 6.21. The molecule has 3 aromatic carbocycles. The predicted octanol–water partition coefficient (Wildman–Crippen LogP) is 6.80. The standard InChI is InChI=1S/C28H26O4/c1-27(2,3)15-8-11-20-19(13-15)25(30)23-21(31-20)12-10-18-24(29)17-9-7-16(28(4,5)6)14-22(17)32-26(18)23/h7-14H,1-6H3. The van der Waals surface area contributed by atoms with E-state index in [9.17, 15) is 9.59 Å². The maximum atomic E-state index is 13.6. The quantitative estimate of drug-likeness (QED) is 0.202. The Hall–Kier alpha value is -3.40. The highest BCUT2D eigenvalue weighted by Gasteiger charge is 2.20. The zero-order chi connectivity index (χ0) is 23.0.